The second-order valence-electron chi connectivity index (χ2n) is 1.80. The molecule has 0 saturated carbocycles. The highest BCUT2D eigenvalue weighted by Crippen LogP contribution is 2.25. The van der Waals surface area contributed by atoms with Gasteiger partial charge in [0, 0.05) is 0 Å². The molecule has 0 aliphatic heterocycles. The Morgan fingerprint density at radius 2 is 1.33 bits per heavy atom. The first kappa shape index (κ1) is 10.5. The van der Waals surface area contributed by atoms with Crippen molar-refractivity contribution in [2.45, 2.75) is 12.1 Å². The van der Waals surface area contributed by atoms with Crippen molar-refractivity contribution in [1.29, 1.82) is 0 Å². The Hall–Kier alpha value is 1.50. The molecule has 0 amide bonds. The maximum absolute atomic E-state index is 5.94. The monoisotopic (exact) mass is 220 g/mol. The highest BCUT2D eigenvalue weighted by molar-refractivity contribution is 7.80. The Bertz CT molecular complexity index is 71.0. The van der Waals surface area contributed by atoms with Crippen LogP contribution >= 0.6 is 47.4 Å². The number of hydrogen-bond acceptors (Lipinski definition) is 2. The molecular formula is C4H10Cl2S2Si. The third-order valence-corrected chi connectivity index (χ3v) is 6.47. The summed E-state index contributed by atoms with van der Waals surface area (Å²) in [5.41, 5.74) is 0. The van der Waals surface area contributed by atoms with Crippen LogP contribution in [0.3, 0.4) is 0 Å². The highest BCUT2D eigenvalue weighted by atomic mass is 35.7. The third kappa shape index (κ3) is 5.92. The van der Waals surface area contributed by atoms with E-state index >= 15 is 0 Å². The zero-order valence-electron chi connectivity index (χ0n) is 4.98. The van der Waals surface area contributed by atoms with Crippen molar-refractivity contribution in [2.24, 2.45) is 0 Å². The summed E-state index contributed by atoms with van der Waals surface area (Å²) in [6.45, 7) is -1.91. The quantitative estimate of drug-likeness (QED) is 0.407. The number of rotatable bonds is 4. The maximum atomic E-state index is 5.94. The van der Waals surface area contributed by atoms with E-state index in [4.69, 9.17) is 22.2 Å². The van der Waals surface area contributed by atoms with Crippen LogP contribution in [0.1, 0.15) is 0 Å². The molecule has 9 heavy (non-hydrogen) atoms. The molecule has 0 aliphatic rings. The predicted octanol–water partition coefficient (Wildman–Crippen LogP) is 2.77. The van der Waals surface area contributed by atoms with E-state index in [0.29, 0.717) is 0 Å². The molecule has 0 nitrogen and oxygen atoms in total. The van der Waals surface area contributed by atoms with Crippen LogP contribution in [0.15, 0.2) is 0 Å². The number of thiol groups is 2. The summed E-state index contributed by atoms with van der Waals surface area (Å²) in [4.78, 5) is 0. The minimum absolute atomic E-state index is 0.785. The van der Waals surface area contributed by atoms with E-state index < -0.39 is 6.69 Å². The van der Waals surface area contributed by atoms with Crippen LogP contribution in [0.5, 0.6) is 0 Å². The van der Waals surface area contributed by atoms with E-state index in [2.05, 4.69) is 25.3 Å². The van der Waals surface area contributed by atoms with Crippen molar-refractivity contribution in [3.05, 3.63) is 0 Å². The van der Waals surface area contributed by atoms with Gasteiger partial charge < -0.3 is 0 Å². The minimum Gasteiger partial charge on any atom is -0.180 e. The van der Waals surface area contributed by atoms with E-state index in [1.165, 1.54) is 0 Å². The Balaban J connectivity index is 3.43. The van der Waals surface area contributed by atoms with Gasteiger partial charge in [0.2, 0.25) is 0 Å². The van der Waals surface area contributed by atoms with Crippen molar-refractivity contribution in [1.82, 2.24) is 0 Å². The van der Waals surface area contributed by atoms with E-state index in [1.807, 2.05) is 0 Å². The van der Waals surface area contributed by atoms with Crippen LogP contribution in [-0.2, 0) is 0 Å². The summed E-state index contributed by atoms with van der Waals surface area (Å²) in [7, 11) is 0. The van der Waals surface area contributed by atoms with Crippen molar-refractivity contribution >= 4 is 54.1 Å². The number of halogens is 2. The molecule has 0 aromatic carbocycles. The van der Waals surface area contributed by atoms with Crippen molar-refractivity contribution in [3.63, 3.8) is 0 Å². The molecule has 0 radical (unpaired) electrons. The number of hydrogen-bond donors (Lipinski definition) is 2. The molecule has 0 aliphatic carbocycles. The molecule has 0 atom stereocenters. The fourth-order valence-electron chi connectivity index (χ4n) is 0.452. The summed E-state index contributed by atoms with van der Waals surface area (Å²) in [6.07, 6.45) is 0. The highest BCUT2D eigenvalue weighted by Gasteiger charge is 2.25. The third-order valence-electron chi connectivity index (χ3n) is 0.955. The van der Waals surface area contributed by atoms with Crippen molar-refractivity contribution in [2.75, 3.05) is 11.5 Å². The summed E-state index contributed by atoms with van der Waals surface area (Å²) in [5.74, 6) is 1.57. The first-order chi connectivity index (χ1) is 4.12. The molecule has 56 valence electrons. The molecule has 5 heteroatoms. The van der Waals surface area contributed by atoms with Gasteiger partial charge in [0.15, 0.2) is 0 Å². The summed E-state index contributed by atoms with van der Waals surface area (Å²) in [5, 5.41) is 0. The molecule has 0 spiro atoms. The molecule has 0 N–H and O–H groups in total. The van der Waals surface area contributed by atoms with Crippen molar-refractivity contribution in [3.8, 4) is 0 Å². The van der Waals surface area contributed by atoms with Crippen LogP contribution in [-0.4, -0.2) is 18.2 Å². The molecule has 0 bridgehead atoms. The van der Waals surface area contributed by atoms with Gasteiger partial charge in [-0.25, -0.2) is 0 Å². The maximum Gasteiger partial charge on any atom is 0.252 e. The Kier molecular flexibility index (Phi) is 6.05. The van der Waals surface area contributed by atoms with Gasteiger partial charge in [0.25, 0.3) is 6.69 Å². The normalized spacial score (nSPS) is 12.0. The van der Waals surface area contributed by atoms with Crippen LogP contribution in [0.4, 0.5) is 0 Å². The average Bonchev–Trinajstić information content (AvgIpc) is 1.64. The summed E-state index contributed by atoms with van der Waals surface area (Å²) >= 11 is 20.0. The molecule has 0 aromatic rings. The molecule has 0 aromatic heterocycles. The van der Waals surface area contributed by atoms with E-state index in [9.17, 15) is 0 Å². The van der Waals surface area contributed by atoms with Gasteiger partial charge in [-0.1, -0.05) is 0 Å². The summed E-state index contributed by atoms with van der Waals surface area (Å²) < 4.78 is 0. The first-order valence-corrected chi connectivity index (χ1v) is 8.42. The lowest BCUT2D eigenvalue weighted by Crippen LogP contribution is -2.19. The SMILES string of the molecule is SCC[Si](Cl)(Cl)CCS. The molecule has 0 unspecified atom stereocenters. The topological polar surface area (TPSA) is 0 Å². The van der Waals surface area contributed by atoms with E-state index in [-0.39, 0.29) is 0 Å². The van der Waals surface area contributed by atoms with Gasteiger partial charge in [-0.15, -0.1) is 22.2 Å². The van der Waals surface area contributed by atoms with Crippen LogP contribution in [0.25, 0.3) is 0 Å². The van der Waals surface area contributed by atoms with Crippen LogP contribution in [0.2, 0.25) is 12.1 Å². The van der Waals surface area contributed by atoms with Crippen LogP contribution in [0, 0.1) is 0 Å². The molecule has 0 saturated heterocycles. The van der Waals surface area contributed by atoms with Crippen molar-refractivity contribution < 1.29 is 0 Å². The Labute approximate surface area is 77.5 Å². The molecular weight excluding hydrogens is 211 g/mol. The van der Waals surface area contributed by atoms with E-state index in [1.54, 1.807) is 0 Å². The minimum atomic E-state index is -1.91. The summed E-state index contributed by atoms with van der Waals surface area (Å²) in [6, 6.07) is 1.72. The molecule has 0 heterocycles. The Morgan fingerprint density at radius 1 is 1.00 bits per heavy atom. The zero-order chi connectivity index (χ0) is 7.33. The van der Waals surface area contributed by atoms with Crippen LogP contribution < -0.4 is 0 Å². The van der Waals surface area contributed by atoms with Gasteiger partial charge in [0.05, 0.1) is 0 Å². The van der Waals surface area contributed by atoms with Gasteiger partial charge in [0.1, 0.15) is 0 Å². The smallest absolute Gasteiger partial charge is 0.180 e. The van der Waals surface area contributed by atoms with Gasteiger partial charge in [-0.05, 0) is 23.6 Å². The second kappa shape index (κ2) is 5.19. The van der Waals surface area contributed by atoms with E-state index in [0.717, 1.165) is 23.6 Å². The largest absolute Gasteiger partial charge is 0.252 e. The fourth-order valence-corrected chi connectivity index (χ4v) is 6.36. The van der Waals surface area contributed by atoms with Gasteiger partial charge in [-0.3, -0.25) is 0 Å². The Morgan fingerprint density at radius 3 is 1.56 bits per heavy atom. The lowest BCUT2D eigenvalue weighted by atomic mass is 10.9. The lowest BCUT2D eigenvalue weighted by Gasteiger charge is -2.12. The molecule has 0 rings (SSSR count). The second-order valence-corrected chi connectivity index (χ2v) is 10.3. The standard InChI is InChI=1S/C4H10Cl2S2Si/c5-9(6,3-1-7)4-2-8/h7-8H,1-4H2. The lowest BCUT2D eigenvalue weighted by molar-refractivity contribution is 1.37. The zero-order valence-corrected chi connectivity index (χ0v) is 9.28. The van der Waals surface area contributed by atoms with Gasteiger partial charge >= 0.3 is 0 Å². The van der Waals surface area contributed by atoms with Gasteiger partial charge in [-0.2, -0.15) is 25.3 Å². The first-order valence-electron chi connectivity index (χ1n) is 2.72. The average molecular weight is 221 g/mol. The predicted molar refractivity (Wildman–Crippen MR) is 54.8 cm³/mol. The fraction of sp³-hybridized carbons (Fsp3) is 1.00. The molecule has 0 fully saturated rings.